The van der Waals surface area contributed by atoms with Gasteiger partial charge < -0.3 is 9.73 Å². The zero-order valence-corrected chi connectivity index (χ0v) is 15.6. The lowest BCUT2D eigenvalue weighted by Gasteiger charge is -2.05. The highest BCUT2D eigenvalue weighted by molar-refractivity contribution is 7.89. The van der Waals surface area contributed by atoms with Crippen LogP contribution in [0.25, 0.3) is 10.8 Å². The normalized spacial score (nSPS) is 11.5. The number of aromatic nitrogens is 1. The molecule has 1 aromatic carbocycles. The van der Waals surface area contributed by atoms with Gasteiger partial charge in [0.2, 0.25) is 10.0 Å². The lowest BCUT2D eigenvalue weighted by Crippen LogP contribution is -2.26. The molecule has 3 aromatic rings. The van der Waals surface area contributed by atoms with Crippen molar-refractivity contribution in [3.8, 4) is 10.8 Å². The van der Waals surface area contributed by atoms with E-state index in [1.807, 2.05) is 6.92 Å². The van der Waals surface area contributed by atoms with Crippen LogP contribution >= 0.6 is 11.3 Å². The number of nitrogens with two attached hydrogens (primary N) is 1. The van der Waals surface area contributed by atoms with Crippen LogP contribution in [-0.2, 0) is 16.4 Å². The summed E-state index contributed by atoms with van der Waals surface area (Å²) < 4.78 is 27.8. The molecule has 3 rings (SSSR count). The molecule has 3 N–H and O–H groups in total. The minimum absolute atomic E-state index is 0.0637. The summed E-state index contributed by atoms with van der Waals surface area (Å²) in [7, 11) is -3.70. The van der Waals surface area contributed by atoms with Crippen LogP contribution in [-0.4, -0.2) is 25.9 Å². The number of sulfonamides is 1. The molecule has 26 heavy (non-hydrogen) atoms. The zero-order chi connectivity index (χ0) is 18.7. The highest BCUT2D eigenvalue weighted by atomic mass is 32.2. The molecule has 136 valence electrons. The second-order valence-corrected chi connectivity index (χ2v) is 8.36. The van der Waals surface area contributed by atoms with Crippen LogP contribution in [0, 0.1) is 6.92 Å². The molecule has 0 bridgehead atoms. The molecule has 0 unspecified atom stereocenters. The van der Waals surface area contributed by atoms with Crippen molar-refractivity contribution in [3.05, 3.63) is 58.8 Å². The predicted octanol–water partition coefficient (Wildman–Crippen LogP) is 2.33. The molecule has 0 atom stereocenters. The van der Waals surface area contributed by atoms with Gasteiger partial charge in [0.15, 0.2) is 10.8 Å². The number of carbonyl (C=O) groups is 1. The van der Waals surface area contributed by atoms with Crippen LogP contribution in [0.2, 0.25) is 0 Å². The molecule has 7 nitrogen and oxygen atoms in total. The Kier molecular flexibility index (Phi) is 5.21. The van der Waals surface area contributed by atoms with E-state index in [9.17, 15) is 13.2 Å². The van der Waals surface area contributed by atoms with Crippen molar-refractivity contribution in [2.24, 2.45) is 5.14 Å². The fourth-order valence-corrected chi connectivity index (χ4v) is 3.76. The second-order valence-electron chi connectivity index (χ2n) is 5.60. The lowest BCUT2D eigenvalue weighted by atomic mass is 10.1. The Morgan fingerprint density at radius 2 is 2.00 bits per heavy atom. The number of furan rings is 1. The largest absolute Gasteiger partial charge is 0.462 e. The van der Waals surface area contributed by atoms with Gasteiger partial charge in [0.05, 0.1) is 11.2 Å². The van der Waals surface area contributed by atoms with Gasteiger partial charge in [-0.05, 0) is 43.2 Å². The Morgan fingerprint density at radius 3 is 2.62 bits per heavy atom. The molecular weight excluding hydrogens is 374 g/mol. The molecule has 1 amide bonds. The minimum atomic E-state index is -3.70. The van der Waals surface area contributed by atoms with Crippen molar-refractivity contribution in [1.82, 2.24) is 10.3 Å². The summed E-state index contributed by atoms with van der Waals surface area (Å²) in [6, 6.07) is 9.82. The fourth-order valence-electron chi connectivity index (χ4n) is 2.36. The van der Waals surface area contributed by atoms with Crippen molar-refractivity contribution >= 4 is 27.3 Å². The smallest absolute Gasteiger partial charge is 0.271 e. The number of aryl methyl sites for hydroxylation is 1. The topological polar surface area (TPSA) is 115 Å². The molecule has 0 aliphatic carbocycles. The third-order valence-electron chi connectivity index (χ3n) is 3.69. The van der Waals surface area contributed by atoms with Gasteiger partial charge in [0.25, 0.3) is 5.91 Å². The highest BCUT2D eigenvalue weighted by Crippen LogP contribution is 2.27. The molecular formula is C17H17N3O4S2. The van der Waals surface area contributed by atoms with E-state index in [-0.39, 0.29) is 10.8 Å². The van der Waals surface area contributed by atoms with Crippen molar-refractivity contribution in [2.75, 3.05) is 6.54 Å². The summed E-state index contributed by atoms with van der Waals surface area (Å²) >= 11 is 1.40. The van der Waals surface area contributed by atoms with Gasteiger partial charge >= 0.3 is 0 Å². The maximum absolute atomic E-state index is 12.3. The molecule has 0 spiro atoms. The minimum Gasteiger partial charge on any atom is -0.462 e. The summed E-state index contributed by atoms with van der Waals surface area (Å²) in [4.78, 5) is 17.6. The first-order valence-corrected chi connectivity index (χ1v) is 10.1. The molecule has 0 radical (unpaired) electrons. The lowest BCUT2D eigenvalue weighted by molar-refractivity contribution is 0.0949. The SMILES string of the molecule is Cc1sc(-c2ccco2)nc1C(=O)NCCc1ccc(S(N)(=O)=O)cc1. The van der Waals surface area contributed by atoms with E-state index in [0.717, 1.165) is 10.4 Å². The Bertz CT molecular complexity index is 1010. The number of rotatable bonds is 6. The monoisotopic (exact) mass is 391 g/mol. The molecule has 0 saturated carbocycles. The van der Waals surface area contributed by atoms with Gasteiger partial charge in [0.1, 0.15) is 5.69 Å². The molecule has 0 saturated heterocycles. The van der Waals surface area contributed by atoms with Crippen LogP contribution in [0.3, 0.4) is 0 Å². The average Bonchev–Trinajstić information content (AvgIpc) is 3.23. The number of hydrogen-bond acceptors (Lipinski definition) is 6. The van der Waals surface area contributed by atoms with Crippen LogP contribution in [0.4, 0.5) is 0 Å². The van der Waals surface area contributed by atoms with Gasteiger partial charge in [-0.25, -0.2) is 18.5 Å². The second kappa shape index (κ2) is 7.40. The highest BCUT2D eigenvalue weighted by Gasteiger charge is 2.17. The maximum Gasteiger partial charge on any atom is 0.271 e. The molecule has 9 heteroatoms. The predicted molar refractivity (Wildman–Crippen MR) is 98.4 cm³/mol. The standard InChI is InChI=1S/C17H17N3O4S2/c1-11-15(20-17(25-11)14-3-2-10-24-14)16(21)19-9-8-12-4-6-13(7-5-12)26(18,22)23/h2-7,10H,8-9H2,1H3,(H,19,21)(H2,18,22,23). The van der Waals surface area contributed by atoms with Gasteiger partial charge in [0, 0.05) is 11.4 Å². The number of benzene rings is 1. The molecule has 0 fully saturated rings. The number of nitrogens with one attached hydrogen (secondary N) is 1. The maximum atomic E-state index is 12.3. The van der Waals surface area contributed by atoms with Crippen molar-refractivity contribution in [1.29, 1.82) is 0 Å². The van der Waals surface area contributed by atoms with Gasteiger partial charge in [-0.15, -0.1) is 11.3 Å². The molecule has 0 aliphatic rings. The number of primary sulfonamides is 1. The van der Waals surface area contributed by atoms with Gasteiger partial charge in [-0.2, -0.15) is 0 Å². The van der Waals surface area contributed by atoms with E-state index in [4.69, 9.17) is 9.56 Å². The number of thiazole rings is 1. The summed E-state index contributed by atoms with van der Waals surface area (Å²) in [6.45, 7) is 2.24. The Morgan fingerprint density at radius 1 is 1.27 bits per heavy atom. The van der Waals surface area contributed by atoms with Crippen LogP contribution in [0.5, 0.6) is 0 Å². The Labute approximate surface area is 154 Å². The van der Waals surface area contributed by atoms with Crippen LogP contribution < -0.4 is 10.5 Å². The van der Waals surface area contributed by atoms with E-state index < -0.39 is 10.0 Å². The first kappa shape index (κ1) is 18.3. The van der Waals surface area contributed by atoms with Crippen molar-refractivity contribution in [3.63, 3.8) is 0 Å². The van der Waals surface area contributed by atoms with E-state index in [0.29, 0.717) is 29.4 Å². The van der Waals surface area contributed by atoms with E-state index in [2.05, 4.69) is 10.3 Å². The van der Waals surface area contributed by atoms with Crippen LogP contribution in [0.15, 0.2) is 52.0 Å². The third-order valence-corrected chi connectivity index (χ3v) is 5.61. The zero-order valence-electron chi connectivity index (χ0n) is 13.9. The number of nitrogens with zero attached hydrogens (tertiary/aromatic N) is 1. The fraction of sp³-hybridized carbons (Fsp3) is 0.176. The molecule has 2 heterocycles. The summed E-state index contributed by atoms with van der Waals surface area (Å²) in [5.41, 5.74) is 1.27. The van der Waals surface area contributed by atoms with Gasteiger partial charge in [-0.1, -0.05) is 12.1 Å². The average molecular weight is 391 g/mol. The first-order valence-electron chi connectivity index (χ1n) is 7.76. The van der Waals surface area contributed by atoms with Crippen LogP contribution in [0.1, 0.15) is 20.9 Å². The Hall–Kier alpha value is -2.49. The van der Waals surface area contributed by atoms with Crippen molar-refractivity contribution < 1.29 is 17.6 Å². The quantitative estimate of drug-likeness (QED) is 0.669. The third kappa shape index (κ3) is 4.18. The van der Waals surface area contributed by atoms with Crippen molar-refractivity contribution in [2.45, 2.75) is 18.2 Å². The molecule has 2 aromatic heterocycles. The summed E-state index contributed by atoms with van der Waals surface area (Å²) in [5.74, 6) is 0.379. The number of carbonyl (C=O) groups excluding carboxylic acids is 1. The van der Waals surface area contributed by atoms with E-state index in [1.54, 1.807) is 30.5 Å². The summed E-state index contributed by atoms with van der Waals surface area (Å²) in [5, 5.41) is 8.55. The van der Waals surface area contributed by atoms with E-state index in [1.165, 1.54) is 23.5 Å². The summed E-state index contributed by atoms with van der Waals surface area (Å²) in [6.07, 6.45) is 2.12. The number of hydrogen-bond donors (Lipinski definition) is 2. The number of amides is 1. The Balaban J connectivity index is 1.59. The van der Waals surface area contributed by atoms with E-state index >= 15 is 0 Å². The van der Waals surface area contributed by atoms with Gasteiger partial charge in [-0.3, -0.25) is 4.79 Å². The molecule has 0 aliphatic heterocycles. The first-order chi connectivity index (χ1) is 12.3.